The zero-order valence-corrected chi connectivity index (χ0v) is 16.6. The number of benzene rings is 2. The molecule has 3 aromatic rings. The second kappa shape index (κ2) is 8.52. The van der Waals surface area contributed by atoms with Gasteiger partial charge in [-0.25, -0.2) is 8.78 Å². The number of nitrogens with zero attached hydrogens (tertiary/aromatic N) is 4. The van der Waals surface area contributed by atoms with Gasteiger partial charge in [0.15, 0.2) is 11.0 Å². The molecule has 0 spiro atoms. The Morgan fingerprint density at radius 3 is 2.64 bits per heavy atom. The van der Waals surface area contributed by atoms with Crippen molar-refractivity contribution in [3.05, 3.63) is 65.7 Å². The topological polar surface area (TPSA) is 51.0 Å². The Labute approximate surface area is 166 Å². The molecule has 146 valence electrons. The van der Waals surface area contributed by atoms with Gasteiger partial charge in [-0.1, -0.05) is 36.0 Å². The number of hydrogen-bond acceptors (Lipinski definition) is 4. The standard InChI is InChI=1S/C20H20F2N4OS/c1-13(19(27)25(2)12-14-7-6-8-15(21)11-14)28-20-24-23-18(26(20)3)16-9-4-5-10-17(16)22/h4-11,13H,12H2,1-3H3/t13-/m0/s1. The van der Waals surface area contributed by atoms with E-state index >= 15 is 0 Å². The van der Waals surface area contributed by atoms with Crippen molar-refractivity contribution in [2.75, 3.05) is 7.05 Å². The maximum absolute atomic E-state index is 14.0. The van der Waals surface area contributed by atoms with Crippen LogP contribution in [0.1, 0.15) is 12.5 Å². The molecule has 0 aliphatic carbocycles. The lowest BCUT2D eigenvalue weighted by molar-refractivity contribution is -0.129. The minimum Gasteiger partial charge on any atom is -0.340 e. The quantitative estimate of drug-likeness (QED) is 0.587. The van der Waals surface area contributed by atoms with Crippen molar-refractivity contribution in [2.24, 2.45) is 7.05 Å². The summed E-state index contributed by atoms with van der Waals surface area (Å²) in [4.78, 5) is 14.2. The highest BCUT2D eigenvalue weighted by atomic mass is 32.2. The van der Waals surface area contributed by atoms with Crippen molar-refractivity contribution in [3.63, 3.8) is 0 Å². The van der Waals surface area contributed by atoms with E-state index in [2.05, 4.69) is 10.2 Å². The van der Waals surface area contributed by atoms with Crippen molar-refractivity contribution < 1.29 is 13.6 Å². The Morgan fingerprint density at radius 2 is 1.93 bits per heavy atom. The van der Waals surface area contributed by atoms with Crippen LogP contribution in [-0.2, 0) is 18.4 Å². The van der Waals surface area contributed by atoms with Gasteiger partial charge in [-0.05, 0) is 36.8 Å². The maximum atomic E-state index is 14.0. The molecule has 0 fully saturated rings. The smallest absolute Gasteiger partial charge is 0.235 e. The van der Waals surface area contributed by atoms with Crippen LogP contribution in [0, 0.1) is 11.6 Å². The highest BCUT2D eigenvalue weighted by Gasteiger charge is 2.23. The van der Waals surface area contributed by atoms with Gasteiger partial charge in [0.05, 0.1) is 10.8 Å². The predicted octanol–water partition coefficient (Wildman–Crippen LogP) is 3.90. The zero-order valence-electron chi connectivity index (χ0n) is 15.8. The van der Waals surface area contributed by atoms with E-state index in [1.54, 1.807) is 60.8 Å². The van der Waals surface area contributed by atoms with Crippen molar-refractivity contribution in [1.82, 2.24) is 19.7 Å². The fourth-order valence-electron chi connectivity index (χ4n) is 2.80. The average Bonchev–Trinajstić information content (AvgIpc) is 3.01. The van der Waals surface area contributed by atoms with E-state index in [-0.39, 0.29) is 17.5 Å². The van der Waals surface area contributed by atoms with Crippen LogP contribution in [0.5, 0.6) is 0 Å². The van der Waals surface area contributed by atoms with Crippen molar-refractivity contribution in [3.8, 4) is 11.4 Å². The minimum atomic E-state index is -0.435. The lowest BCUT2D eigenvalue weighted by atomic mass is 10.2. The number of amides is 1. The van der Waals surface area contributed by atoms with Crippen LogP contribution in [-0.4, -0.2) is 37.9 Å². The zero-order chi connectivity index (χ0) is 20.3. The Morgan fingerprint density at radius 1 is 1.18 bits per heavy atom. The molecule has 1 amide bonds. The number of hydrogen-bond donors (Lipinski definition) is 0. The van der Waals surface area contributed by atoms with Crippen LogP contribution in [0.4, 0.5) is 8.78 Å². The lowest BCUT2D eigenvalue weighted by Gasteiger charge is -2.21. The first-order valence-electron chi connectivity index (χ1n) is 8.67. The first-order chi connectivity index (χ1) is 13.4. The lowest BCUT2D eigenvalue weighted by Crippen LogP contribution is -2.33. The monoisotopic (exact) mass is 402 g/mol. The van der Waals surface area contributed by atoms with Gasteiger partial charge < -0.3 is 9.47 Å². The molecule has 0 saturated carbocycles. The summed E-state index contributed by atoms with van der Waals surface area (Å²) in [5.41, 5.74) is 1.07. The van der Waals surface area contributed by atoms with Crippen LogP contribution >= 0.6 is 11.8 Å². The van der Waals surface area contributed by atoms with E-state index < -0.39 is 5.25 Å². The molecule has 0 radical (unpaired) electrons. The number of carbonyl (C=O) groups is 1. The van der Waals surface area contributed by atoms with Gasteiger partial charge in [-0.15, -0.1) is 10.2 Å². The van der Waals surface area contributed by atoms with Gasteiger partial charge in [0, 0.05) is 20.6 Å². The predicted molar refractivity (Wildman–Crippen MR) is 105 cm³/mol. The van der Waals surface area contributed by atoms with Crippen LogP contribution < -0.4 is 0 Å². The van der Waals surface area contributed by atoms with E-state index in [9.17, 15) is 13.6 Å². The second-order valence-electron chi connectivity index (χ2n) is 6.43. The third-order valence-corrected chi connectivity index (χ3v) is 5.39. The fourth-order valence-corrected chi connectivity index (χ4v) is 3.73. The van der Waals surface area contributed by atoms with Gasteiger partial charge in [-0.2, -0.15) is 0 Å². The van der Waals surface area contributed by atoms with E-state index in [1.165, 1.54) is 30.0 Å². The molecule has 2 aromatic carbocycles. The van der Waals surface area contributed by atoms with Gasteiger partial charge in [-0.3, -0.25) is 4.79 Å². The minimum absolute atomic E-state index is 0.121. The highest BCUT2D eigenvalue weighted by molar-refractivity contribution is 8.00. The summed E-state index contributed by atoms with van der Waals surface area (Å²) < 4.78 is 29.0. The van der Waals surface area contributed by atoms with Crippen LogP contribution in [0.25, 0.3) is 11.4 Å². The number of carbonyl (C=O) groups excluding carboxylic acids is 1. The number of aromatic nitrogens is 3. The number of halogens is 2. The molecule has 0 unspecified atom stereocenters. The van der Waals surface area contributed by atoms with Gasteiger partial charge in [0.1, 0.15) is 11.6 Å². The molecule has 1 atom stereocenters. The molecule has 0 saturated heterocycles. The second-order valence-corrected chi connectivity index (χ2v) is 7.74. The Hall–Kier alpha value is -2.74. The molecule has 8 heteroatoms. The Balaban J connectivity index is 1.70. The van der Waals surface area contributed by atoms with E-state index in [0.29, 0.717) is 28.7 Å². The summed E-state index contributed by atoms with van der Waals surface area (Å²) in [6, 6.07) is 12.5. The van der Waals surface area contributed by atoms with Crippen molar-refractivity contribution in [1.29, 1.82) is 0 Å². The molecule has 0 aliphatic heterocycles. The summed E-state index contributed by atoms with van der Waals surface area (Å²) in [5.74, 6) is -0.438. The molecule has 0 bridgehead atoms. The molecule has 28 heavy (non-hydrogen) atoms. The van der Waals surface area contributed by atoms with Crippen molar-refractivity contribution in [2.45, 2.75) is 23.9 Å². The normalized spacial score (nSPS) is 12.0. The number of thioether (sulfide) groups is 1. The Bertz CT molecular complexity index is 992. The van der Waals surface area contributed by atoms with Crippen LogP contribution in [0.15, 0.2) is 53.7 Å². The van der Waals surface area contributed by atoms with Gasteiger partial charge in [0.25, 0.3) is 0 Å². The van der Waals surface area contributed by atoms with E-state index in [0.717, 1.165) is 0 Å². The highest BCUT2D eigenvalue weighted by Crippen LogP contribution is 2.27. The largest absolute Gasteiger partial charge is 0.340 e. The molecule has 5 nitrogen and oxygen atoms in total. The molecule has 1 heterocycles. The van der Waals surface area contributed by atoms with Crippen molar-refractivity contribution >= 4 is 17.7 Å². The average molecular weight is 402 g/mol. The first-order valence-corrected chi connectivity index (χ1v) is 9.55. The van der Waals surface area contributed by atoms with Crippen LogP contribution in [0.3, 0.4) is 0 Å². The van der Waals surface area contributed by atoms with Crippen LogP contribution in [0.2, 0.25) is 0 Å². The molecule has 0 N–H and O–H groups in total. The molecule has 3 rings (SSSR count). The molecular weight excluding hydrogens is 382 g/mol. The van der Waals surface area contributed by atoms with Gasteiger partial charge >= 0.3 is 0 Å². The molecular formula is C20H20F2N4OS. The van der Waals surface area contributed by atoms with Gasteiger partial charge in [0.2, 0.25) is 5.91 Å². The van der Waals surface area contributed by atoms with E-state index in [4.69, 9.17) is 0 Å². The number of rotatable bonds is 6. The SMILES string of the molecule is C[C@H](Sc1nnc(-c2ccccc2F)n1C)C(=O)N(C)Cc1cccc(F)c1. The summed E-state index contributed by atoms with van der Waals surface area (Å²) >= 11 is 1.24. The summed E-state index contributed by atoms with van der Waals surface area (Å²) in [6.07, 6.45) is 0. The first kappa shape index (κ1) is 20.0. The molecule has 1 aromatic heterocycles. The molecule has 0 aliphatic rings. The maximum Gasteiger partial charge on any atom is 0.235 e. The summed E-state index contributed by atoms with van der Waals surface area (Å²) in [6.45, 7) is 2.08. The summed E-state index contributed by atoms with van der Waals surface area (Å²) in [7, 11) is 3.41. The third-order valence-electron chi connectivity index (χ3n) is 4.26. The van der Waals surface area contributed by atoms with E-state index in [1.807, 2.05) is 0 Å². The summed E-state index contributed by atoms with van der Waals surface area (Å²) in [5, 5.41) is 8.24. The fraction of sp³-hybridized carbons (Fsp3) is 0.250. The Kier molecular flexibility index (Phi) is 6.08. The third kappa shape index (κ3) is 4.39.